The van der Waals surface area contributed by atoms with Crippen molar-refractivity contribution in [2.75, 3.05) is 33.3 Å². The quantitative estimate of drug-likeness (QED) is 0.693. The van der Waals surface area contributed by atoms with Gasteiger partial charge in [-0.05, 0) is 40.7 Å². The summed E-state index contributed by atoms with van der Waals surface area (Å²) < 4.78 is 5.66. The van der Waals surface area contributed by atoms with Crippen LogP contribution in [0.15, 0.2) is 0 Å². The molecule has 1 N–H and O–H groups in total. The molecule has 0 aromatic rings. The van der Waals surface area contributed by atoms with Crippen molar-refractivity contribution >= 4 is 0 Å². The first-order valence-electron chi connectivity index (χ1n) is 7.04. The first kappa shape index (κ1) is 14.9. The maximum absolute atomic E-state index is 5.66. The van der Waals surface area contributed by atoms with Gasteiger partial charge < -0.3 is 15.0 Å². The average Bonchev–Trinajstić information content (AvgIpc) is 2.74. The predicted octanol–water partition coefficient (Wildman–Crippen LogP) is 2.27. The van der Waals surface area contributed by atoms with Gasteiger partial charge in [0.2, 0.25) is 0 Å². The normalized spacial score (nSPS) is 18.2. The fraction of sp³-hybridized carbons (Fsp3) is 1.00. The van der Waals surface area contributed by atoms with Crippen LogP contribution in [0, 0.1) is 0 Å². The van der Waals surface area contributed by atoms with Gasteiger partial charge in [0.25, 0.3) is 0 Å². The summed E-state index contributed by atoms with van der Waals surface area (Å²) in [5.41, 5.74) is -0.0116. The summed E-state index contributed by atoms with van der Waals surface area (Å²) in [5, 5.41) is 3.45. The minimum absolute atomic E-state index is 0.0116. The summed E-state index contributed by atoms with van der Waals surface area (Å²) in [6.07, 6.45) is 5.62. The van der Waals surface area contributed by atoms with Crippen LogP contribution in [0.3, 0.4) is 0 Å². The molecule has 0 radical (unpaired) electrons. The summed E-state index contributed by atoms with van der Waals surface area (Å²) in [7, 11) is 2.25. The number of rotatable bonds is 7. The molecule has 1 rings (SSSR count). The monoisotopic (exact) mass is 242 g/mol. The number of likely N-dealkylation sites (N-methyl/N-ethyl adjacent to an activating group) is 1. The lowest BCUT2D eigenvalue weighted by Crippen LogP contribution is -2.36. The maximum atomic E-state index is 5.66. The molecule has 0 unspecified atom stereocenters. The lowest BCUT2D eigenvalue weighted by Gasteiger charge is -2.24. The second-order valence-electron chi connectivity index (χ2n) is 6.13. The lowest BCUT2D eigenvalue weighted by atomic mass is 10.2. The van der Waals surface area contributed by atoms with Crippen LogP contribution in [-0.2, 0) is 4.74 Å². The molecule has 102 valence electrons. The molecule has 1 aliphatic carbocycles. The molecule has 0 amide bonds. The molecule has 1 fully saturated rings. The molecule has 0 spiro atoms. The zero-order chi connectivity index (χ0) is 12.7. The Hall–Kier alpha value is -0.120. The Morgan fingerprint density at radius 3 is 2.41 bits per heavy atom. The maximum Gasteiger partial charge on any atom is 0.0599 e. The van der Waals surface area contributed by atoms with Gasteiger partial charge in [-0.15, -0.1) is 0 Å². The molecule has 0 aliphatic heterocycles. The Kier molecular flexibility index (Phi) is 6.45. The topological polar surface area (TPSA) is 24.5 Å². The van der Waals surface area contributed by atoms with Crippen molar-refractivity contribution in [2.24, 2.45) is 0 Å². The van der Waals surface area contributed by atoms with Crippen LogP contribution in [0.2, 0.25) is 0 Å². The van der Waals surface area contributed by atoms with Crippen LogP contribution in [0.4, 0.5) is 0 Å². The van der Waals surface area contributed by atoms with Crippen LogP contribution < -0.4 is 5.32 Å². The van der Waals surface area contributed by atoms with Gasteiger partial charge >= 0.3 is 0 Å². The number of nitrogens with one attached hydrogen (secondary N) is 1. The van der Waals surface area contributed by atoms with Crippen molar-refractivity contribution in [1.82, 2.24) is 10.2 Å². The summed E-state index contributed by atoms with van der Waals surface area (Å²) in [5.74, 6) is 0. The first-order chi connectivity index (χ1) is 7.99. The zero-order valence-corrected chi connectivity index (χ0v) is 12.1. The Morgan fingerprint density at radius 1 is 1.18 bits per heavy atom. The van der Waals surface area contributed by atoms with E-state index in [9.17, 15) is 0 Å². The van der Waals surface area contributed by atoms with Gasteiger partial charge in [-0.3, -0.25) is 0 Å². The minimum Gasteiger partial charge on any atom is -0.375 e. The third kappa shape index (κ3) is 7.02. The van der Waals surface area contributed by atoms with Gasteiger partial charge in [-0.25, -0.2) is 0 Å². The van der Waals surface area contributed by atoms with E-state index < -0.39 is 0 Å². The van der Waals surface area contributed by atoms with Gasteiger partial charge in [0.05, 0.1) is 12.2 Å². The average molecular weight is 242 g/mol. The van der Waals surface area contributed by atoms with E-state index in [1.807, 2.05) is 0 Å². The van der Waals surface area contributed by atoms with Gasteiger partial charge in [-0.1, -0.05) is 12.8 Å². The highest BCUT2D eigenvalue weighted by atomic mass is 16.5. The number of hydrogen-bond acceptors (Lipinski definition) is 3. The fourth-order valence-corrected chi connectivity index (χ4v) is 2.34. The van der Waals surface area contributed by atoms with Crippen LogP contribution in [0.5, 0.6) is 0 Å². The Balaban J connectivity index is 1.93. The standard InChI is InChI=1S/C14H30N2O/c1-14(2,3)17-12-10-15-9-11-16(4)13-7-5-6-8-13/h13,15H,5-12H2,1-4H3. The van der Waals surface area contributed by atoms with Gasteiger partial charge in [-0.2, -0.15) is 0 Å². The van der Waals surface area contributed by atoms with Crippen molar-refractivity contribution in [3.8, 4) is 0 Å². The summed E-state index contributed by atoms with van der Waals surface area (Å²) >= 11 is 0. The van der Waals surface area contributed by atoms with Crippen molar-refractivity contribution in [1.29, 1.82) is 0 Å². The predicted molar refractivity (Wildman–Crippen MR) is 73.5 cm³/mol. The molecular weight excluding hydrogens is 212 g/mol. The molecule has 17 heavy (non-hydrogen) atoms. The van der Waals surface area contributed by atoms with Gasteiger partial charge in [0, 0.05) is 25.7 Å². The van der Waals surface area contributed by atoms with E-state index in [4.69, 9.17) is 4.74 Å². The highest BCUT2D eigenvalue weighted by molar-refractivity contribution is 4.75. The van der Waals surface area contributed by atoms with Crippen LogP contribution in [0.1, 0.15) is 46.5 Å². The molecule has 3 heteroatoms. The van der Waals surface area contributed by atoms with E-state index in [0.717, 1.165) is 32.3 Å². The van der Waals surface area contributed by atoms with Crippen molar-refractivity contribution < 1.29 is 4.74 Å². The van der Waals surface area contributed by atoms with E-state index in [-0.39, 0.29) is 5.60 Å². The minimum atomic E-state index is -0.0116. The molecular formula is C14H30N2O. The first-order valence-corrected chi connectivity index (χ1v) is 7.04. The van der Waals surface area contributed by atoms with Crippen LogP contribution in [0.25, 0.3) is 0 Å². The molecule has 0 heterocycles. The Morgan fingerprint density at radius 2 is 1.82 bits per heavy atom. The smallest absolute Gasteiger partial charge is 0.0599 e. The number of ether oxygens (including phenoxy) is 1. The molecule has 0 bridgehead atoms. The van der Waals surface area contributed by atoms with Crippen LogP contribution >= 0.6 is 0 Å². The Bertz CT molecular complexity index is 195. The van der Waals surface area contributed by atoms with E-state index in [0.29, 0.717) is 0 Å². The van der Waals surface area contributed by atoms with E-state index in [1.54, 1.807) is 0 Å². The Labute approximate surface area is 107 Å². The van der Waals surface area contributed by atoms with E-state index in [2.05, 4.69) is 38.0 Å². The highest BCUT2D eigenvalue weighted by Gasteiger charge is 2.18. The molecule has 1 aliphatic rings. The molecule has 0 aromatic heterocycles. The second kappa shape index (κ2) is 7.34. The van der Waals surface area contributed by atoms with E-state index >= 15 is 0 Å². The van der Waals surface area contributed by atoms with Crippen molar-refractivity contribution in [3.05, 3.63) is 0 Å². The van der Waals surface area contributed by atoms with E-state index in [1.165, 1.54) is 25.7 Å². The second-order valence-corrected chi connectivity index (χ2v) is 6.13. The van der Waals surface area contributed by atoms with Crippen LogP contribution in [-0.4, -0.2) is 49.8 Å². The molecule has 1 saturated carbocycles. The third-order valence-corrected chi connectivity index (χ3v) is 3.40. The fourth-order valence-electron chi connectivity index (χ4n) is 2.34. The molecule has 0 atom stereocenters. The SMILES string of the molecule is CN(CCNCCOC(C)(C)C)C1CCCC1. The molecule has 0 saturated heterocycles. The van der Waals surface area contributed by atoms with Crippen molar-refractivity contribution in [2.45, 2.75) is 58.1 Å². The summed E-state index contributed by atoms with van der Waals surface area (Å²) in [6, 6.07) is 0.836. The zero-order valence-electron chi connectivity index (χ0n) is 12.1. The summed E-state index contributed by atoms with van der Waals surface area (Å²) in [4.78, 5) is 2.50. The number of hydrogen-bond donors (Lipinski definition) is 1. The number of nitrogens with zero attached hydrogens (tertiary/aromatic N) is 1. The third-order valence-electron chi connectivity index (χ3n) is 3.40. The van der Waals surface area contributed by atoms with Gasteiger partial charge in [0.15, 0.2) is 0 Å². The van der Waals surface area contributed by atoms with Gasteiger partial charge in [0.1, 0.15) is 0 Å². The van der Waals surface area contributed by atoms with Crippen molar-refractivity contribution in [3.63, 3.8) is 0 Å². The molecule has 0 aromatic carbocycles. The lowest BCUT2D eigenvalue weighted by molar-refractivity contribution is -0.000898. The largest absolute Gasteiger partial charge is 0.375 e. The highest BCUT2D eigenvalue weighted by Crippen LogP contribution is 2.21. The summed E-state index contributed by atoms with van der Waals surface area (Å²) in [6.45, 7) is 10.3. The molecule has 3 nitrogen and oxygen atoms in total.